The number of hydrogen-bond acceptors (Lipinski definition) is 5. The lowest BCUT2D eigenvalue weighted by Crippen LogP contribution is -2.31. The third-order valence-corrected chi connectivity index (χ3v) is 4.04. The van der Waals surface area contributed by atoms with Crippen LogP contribution in [0.15, 0.2) is 6.20 Å². The smallest absolute Gasteiger partial charge is 0.411 e. The van der Waals surface area contributed by atoms with Gasteiger partial charge in [-0.05, 0) is 26.7 Å². The van der Waals surface area contributed by atoms with Crippen molar-refractivity contribution in [2.24, 2.45) is 0 Å². The number of rotatable bonds is 5. The molecule has 1 saturated carbocycles. The maximum Gasteiger partial charge on any atom is 0.411 e. The molecule has 0 aromatic carbocycles. The van der Waals surface area contributed by atoms with Gasteiger partial charge in [0.25, 0.3) is 0 Å². The van der Waals surface area contributed by atoms with Crippen LogP contribution in [0.25, 0.3) is 0 Å². The number of carbonyl (C=O) groups excluding carboxylic acids is 1. The first-order valence-corrected chi connectivity index (χ1v) is 7.63. The standard InChI is InChI=1S/C14H24N4O3/c1-3-17(4-2)13(19)21-11-18-10-12(15-16-18)14(20)8-6-5-7-9-14/h10,20H,3-9,11H2,1-2H3. The summed E-state index contributed by atoms with van der Waals surface area (Å²) in [7, 11) is 0. The maximum atomic E-state index is 11.7. The Morgan fingerprint density at radius 2 is 2.05 bits per heavy atom. The summed E-state index contributed by atoms with van der Waals surface area (Å²) >= 11 is 0. The third-order valence-electron chi connectivity index (χ3n) is 4.04. The second-order valence-electron chi connectivity index (χ2n) is 5.45. The lowest BCUT2D eigenvalue weighted by atomic mass is 9.83. The summed E-state index contributed by atoms with van der Waals surface area (Å²) in [5.41, 5.74) is -0.305. The van der Waals surface area contributed by atoms with Crippen LogP contribution in [0.2, 0.25) is 0 Å². The zero-order chi connectivity index (χ0) is 15.3. The molecular formula is C14H24N4O3. The predicted molar refractivity (Wildman–Crippen MR) is 76.4 cm³/mol. The number of aliphatic hydroxyl groups is 1. The summed E-state index contributed by atoms with van der Waals surface area (Å²) in [6, 6.07) is 0. The first kappa shape index (κ1) is 15.8. The van der Waals surface area contributed by atoms with Crippen LogP contribution < -0.4 is 0 Å². The summed E-state index contributed by atoms with van der Waals surface area (Å²) in [6.45, 7) is 5.03. The van der Waals surface area contributed by atoms with E-state index in [-0.39, 0.29) is 12.8 Å². The minimum absolute atomic E-state index is 0.0123. The minimum Gasteiger partial charge on any atom is -0.426 e. The van der Waals surface area contributed by atoms with Gasteiger partial charge < -0.3 is 14.7 Å². The molecule has 118 valence electrons. The van der Waals surface area contributed by atoms with Crippen LogP contribution in [0.3, 0.4) is 0 Å². The van der Waals surface area contributed by atoms with Crippen LogP contribution in [-0.4, -0.2) is 44.2 Å². The molecule has 0 saturated heterocycles. The van der Waals surface area contributed by atoms with Crippen LogP contribution in [0.5, 0.6) is 0 Å². The molecule has 1 amide bonds. The molecule has 0 aliphatic heterocycles. The molecule has 1 aliphatic rings. The van der Waals surface area contributed by atoms with Gasteiger partial charge in [0.15, 0.2) is 6.73 Å². The molecule has 0 spiro atoms. The SMILES string of the molecule is CCN(CC)C(=O)OCn1cc(C2(O)CCCCC2)nn1. The average Bonchev–Trinajstić information content (AvgIpc) is 2.97. The van der Waals surface area contributed by atoms with Crippen molar-refractivity contribution in [3.63, 3.8) is 0 Å². The summed E-state index contributed by atoms with van der Waals surface area (Å²) in [5, 5.41) is 18.5. The molecule has 0 bridgehead atoms. The molecule has 0 atom stereocenters. The van der Waals surface area contributed by atoms with Gasteiger partial charge in [-0.3, -0.25) is 0 Å². The van der Waals surface area contributed by atoms with Crippen molar-refractivity contribution in [1.82, 2.24) is 19.9 Å². The van der Waals surface area contributed by atoms with Crippen LogP contribution in [0, 0.1) is 0 Å². The van der Waals surface area contributed by atoms with Crippen molar-refractivity contribution in [2.75, 3.05) is 13.1 Å². The topological polar surface area (TPSA) is 80.5 Å². The van der Waals surface area contributed by atoms with E-state index < -0.39 is 5.60 Å². The number of ether oxygens (including phenoxy) is 1. The van der Waals surface area contributed by atoms with Crippen molar-refractivity contribution >= 4 is 6.09 Å². The molecule has 1 heterocycles. The number of carbonyl (C=O) groups is 1. The largest absolute Gasteiger partial charge is 0.426 e. The zero-order valence-corrected chi connectivity index (χ0v) is 12.8. The second-order valence-corrected chi connectivity index (χ2v) is 5.45. The van der Waals surface area contributed by atoms with Crippen LogP contribution in [0.4, 0.5) is 4.79 Å². The Bertz CT molecular complexity index is 465. The van der Waals surface area contributed by atoms with Crippen molar-refractivity contribution < 1.29 is 14.6 Å². The van der Waals surface area contributed by atoms with E-state index >= 15 is 0 Å². The Labute approximate surface area is 124 Å². The van der Waals surface area contributed by atoms with E-state index in [1.54, 1.807) is 11.1 Å². The van der Waals surface area contributed by atoms with Gasteiger partial charge >= 0.3 is 6.09 Å². The highest BCUT2D eigenvalue weighted by molar-refractivity contribution is 5.67. The van der Waals surface area contributed by atoms with E-state index in [1.165, 1.54) is 4.68 Å². The molecule has 1 N–H and O–H groups in total. The van der Waals surface area contributed by atoms with Gasteiger partial charge in [0.1, 0.15) is 11.3 Å². The fourth-order valence-corrected chi connectivity index (χ4v) is 2.66. The van der Waals surface area contributed by atoms with E-state index in [1.807, 2.05) is 13.8 Å². The molecule has 0 radical (unpaired) electrons. The Morgan fingerprint density at radius 3 is 2.67 bits per heavy atom. The van der Waals surface area contributed by atoms with Gasteiger partial charge in [0.05, 0.1) is 6.20 Å². The predicted octanol–water partition coefficient (Wildman–Crippen LogP) is 1.87. The van der Waals surface area contributed by atoms with Crippen LogP contribution >= 0.6 is 0 Å². The normalized spacial score (nSPS) is 17.5. The molecular weight excluding hydrogens is 272 g/mol. The minimum atomic E-state index is -0.876. The number of nitrogens with zero attached hydrogens (tertiary/aromatic N) is 4. The molecule has 1 fully saturated rings. The van der Waals surface area contributed by atoms with Gasteiger partial charge in [-0.25, -0.2) is 9.48 Å². The van der Waals surface area contributed by atoms with Crippen molar-refractivity contribution in [3.05, 3.63) is 11.9 Å². The zero-order valence-electron chi connectivity index (χ0n) is 12.8. The van der Waals surface area contributed by atoms with Gasteiger partial charge in [-0.2, -0.15) is 0 Å². The quantitative estimate of drug-likeness (QED) is 0.897. The molecule has 1 aromatic heterocycles. The highest BCUT2D eigenvalue weighted by Crippen LogP contribution is 2.35. The summed E-state index contributed by atoms with van der Waals surface area (Å²) in [4.78, 5) is 13.3. The highest BCUT2D eigenvalue weighted by Gasteiger charge is 2.34. The molecule has 7 nitrogen and oxygen atoms in total. The fraction of sp³-hybridized carbons (Fsp3) is 0.786. The molecule has 2 rings (SSSR count). The number of aromatic nitrogens is 3. The second kappa shape index (κ2) is 6.89. The van der Waals surface area contributed by atoms with Gasteiger partial charge in [0.2, 0.25) is 0 Å². The van der Waals surface area contributed by atoms with E-state index in [0.29, 0.717) is 31.6 Å². The highest BCUT2D eigenvalue weighted by atomic mass is 16.6. The van der Waals surface area contributed by atoms with E-state index in [0.717, 1.165) is 19.3 Å². The Hall–Kier alpha value is -1.63. The lowest BCUT2D eigenvalue weighted by molar-refractivity contribution is -0.00479. The van der Waals surface area contributed by atoms with Gasteiger partial charge in [-0.15, -0.1) is 5.10 Å². The van der Waals surface area contributed by atoms with Gasteiger partial charge in [0, 0.05) is 13.1 Å². The van der Waals surface area contributed by atoms with Crippen LogP contribution in [-0.2, 0) is 17.1 Å². The number of hydrogen-bond donors (Lipinski definition) is 1. The Balaban J connectivity index is 1.92. The Morgan fingerprint density at radius 1 is 1.38 bits per heavy atom. The van der Waals surface area contributed by atoms with Crippen molar-refractivity contribution in [1.29, 1.82) is 0 Å². The monoisotopic (exact) mass is 296 g/mol. The van der Waals surface area contributed by atoms with E-state index in [9.17, 15) is 9.90 Å². The van der Waals surface area contributed by atoms with E-state index in [4.69, 9.17) is 4.74 Å². The Kier molecular flexibility index (Phi) is 5.17. The fourth-order valence-electron chi connectivity index (χ4n) is 2.66. The molecule has 1 aromatic rings. The van der Waals surface area contributed by atoms with Crippen molar-refractivity contribution in [3.8, 4) is 0 Å². The molecule has 21 heavy (non-hydrogen) atoms. The maximum absolute atomic E-state index is 11.7. The molecule has 7 heteroatoms. The third kappa shape index (κ3) is 3.72. The average molecular weight is 296 g/mol. The lowest BCUT2D eigenvalue weighted by Gasteiger charge is -2.29. The van der Waals surface area contributed by atoms with Crippen LogP contribution in [0.1, 0.15) is 51.6 Å². The number of amides is 1. The summed E-state index contributed by atoms with van der Waals surface area (Å²) in [5.74, 6) is 0. The summed E-state index contributed by atoms with van der Waals surface area (Å²) < 4.78 is 6.62. The molecule has 0 unspecified atom stereocenters. The summed E-state index contributed by atoms with van der Waals surface area (Å²) in [6.07, 6.45) is 5.88. The van der Waals surface area contributed by atoms with Gasteiger partial charge in [-0.1, -0.05) is 24.5 Å². The first-order valence-electron chi connectivity index (χ1n) is 7.63. The first-order chi connectivity index (χ1) is 10.1. The molecule has 1 aliphatic carbocycles. The van der Waals surface area contributed by atoms with Crippen molar-refractivity contribution in [2.45, 2.75) is 58.3 Å². The van der Waals surface area contributed by atoms with E-state index in [2.05, 4.69) is 10.3 Å².